The van der Waals surface area contributed by atoms with Gasteiger partial charge >= 0.3 is 0 Å². The highest BCUT2D eigenvalue weighted by atomic mass is 79.9. The highest BCUT2D eigenvalue weighted by molar-refractivity contribution is 9.10. The molecule has 2 nitrogen and oxygen atoms in total. The molecule has 0 amide bonds. The normalized spacial score (nSPS) is 12.3. The molecule has 0 bridgehead atoms. The van der Waals surface area contributed by atoms with Crippen molar-refractivity contribution in [2.24, 2.45) is 0 Å². The maximum Gasteiger partial charge on any atom is 0.127 e. The summed E-state index contributed by atoms with van der Waals surface area (Å²) in [5.41, 5.74) is 2.64. The first-order valence-electron chi connectivity index (χ1n) is 9.87. The molecule has 3 heteroatoms. The van der Waals surface area contributed by atoms with E-state index in [-0.39, 0.29) is 6.23 Å². The minimum absolute atomic E-state index is 0.132. The van der Waals surface area contributed by atoms with Crippen molar-refractivity contribution in [1.29, 1.82) is 0 Å². The lowest BCUT2D eigenvalue weighted by Gasteiger charge is -2.22. The van der Waals surface area contributed by atoms with Crippen molar-refractivity contribution in [2.75, 3.05) is 11.9 Å². The van der Waals surface area contributed by atoms with E-state index in [1.54, 1.807) is 0 Å². The number of benzene rings is 1. The molecule has 138 valence electrons. The molecular formula is C21H36BrNO. The number of hydrogen-bond donors (Lipinski definition) is 1. The van der Waals surface area contributed by atoms with E-state index in [1.165, 1.54) is 56.2 Å². The molecular weight excluding hydrogens is 362 g/mol. The van der Waals surface area contributed by atoms with E-state index in [4.69, 9.17) is 4.74 Å². The fourth-order valence-electron chi connectivity index (χ4n) is 2.86. The van der Waals surface area contributed by atoms with Gasteiger partial charge in [-0.3, -0.25) is 0 Å². The van der Waals surface area contributed by atoms with Crippen molar-refractivity contribution in [2.45, 2.75) is 91.2 Å². The lowest BCUT2D eigenvalue weighted by Crippen LogP contribution is -2.24. The monoisotopic (exact) mass is 397 g/mol. The van der Waals surface area contributed by atoms with Crippen LogP contribution in [0.25, 0.3) is 0 Å². The summed E-state index contributed by atoms with van der Waals surface area (Å²) in [4.78, 5) is 0. The number of anilines is 1. The molecule has 0 fully saturated rings. The van der Waals surface area contributed by atoms with E-state index >= 15 is 0 Å². The number of nitrogens with one attached hydrogen (secondary N) is 1. The van der Waals surface area contributed by atoms with Crippen molar-refractivity contribution in [3.63, 3.8) is 0 Å². The highest BCUT2D eigenvalue weighted by Crippen LogP contribution is 2.25. The van der Waals surface area contributed by atoms with E-state index in [9.17, 15) is 0 Å². The molecule has 0 heterocycles. The van der Waals surface area contributed by atoms with Gasteiger partial charge in [-0.15, -0.1) is 0 Å². The largest absolute Gasteiger partial charge is 0.360 e. The SMILES string of the molecule is CCCCCCC(Nc1ccc(Br)cc1CCCCC)OCCC. The third kappa shape index (κ3) is 9.08. The zero-order valence-corrected chi connectivity index (χ0v) is 17.5. The van der Waals surface area contributed by atoms with E-state index < -0.39 is 0 Å². The Kier molecular flexibility index (Phi) is 12.3. The first kappa shape index (κ1) is 21.5. The van der Waals surface area contributed by atoms with Crippen LogP contribution < -0.4 is 5.32 Å². The third-order valence-corrected chi connectivity index (χ3v) is 4.77. The van der Waals surface area contributed by atoms with E-state index in [0.29, 0.717) is 0 Å². The topological polar surface area (TPSA) is 21.3 Å². The molecule has 0 spiro atoms. The summed E-state index contributed by atoms with van der Waals surface area (Å²) in [6.07, 6.45) is 12.3. The van der Waals surface area contributed by atoms with Crippen LogP contribution in [0.15, 0.2) is 22.7 Å². The van der Waals surface area contributed by atoms with E-state index in [2.05, 4.69) is 60.2 Å². The van der Waals surface area contributed by atoms with Gasteiger partial charge in [0.15, 0.2) is 0 Å². The Labute approximate surface area is 157 Å². The van der Waals surface area contributed by atoms with Crippen LogP contribution in [0, 0.1) is 0 Å². The van der Waals surface area contributed by atoms with Gasteiger partial charge in [-0.1, -0.05) is 68.8 Å². The van der Waals surface area contributed by atoms with Gasteiger partial charge in [0.05, 0.1) is 0 Å². The molecule has 1 rings (SSSR count). The van der Waals surface area contributed by atoms with Crippen molar-refractivity contribution in [3.8, 4) is 0 Å². The molecule has 1 N–H and O–H groups in total. The molecule has 1 atom stereocenters. The standard InChI is InChI=1S/C21H36BrNO/c1-4-7-9-11-13-21(24-16-6-3)23-20-15-14-19(22)17-18(20)12-10-8-5-2/h14-15,17,21,23H,4-13,16H2,1-3H3. The van der Waals surface area contributed by atoms with Crippen LogP contribution >= 0.6 is 15.9 Å². The van der Waals surface area contributed by atoms with Gasteiger partial charge in [0.1, 0.15) is 6.23 Å². The fraction of sp³-hybridized carbons (Fsp3) is 0.714. The zero-order valence-electron chi connectivity index (χ0n) is 15.9. The molecule has 0 saturated heterocycles. The lowest BCUT2D eigenvalue weighted by molar-refractivity contribution is 0.0650. The van der Waals surface area contributed by atoms with Gasteiger partial charge in [0, 0.05) is 16.8 Å². The van der Waals surface area contributed by atoms with E-state index in [1.807, 2.05) is 0 Å². The van der Waals surface area contributed by atoms with Gasteiger partial charge in [-0.05, 0) is 55.9 Å². The molecule has 0 aromatic heterocycles. The Morgan fingerprint density at radius 1 is 0.958 bits per heavy atom. The van der Waals surface area contributed by atoms with Crippen LogP contribution in [0.1, 0.15) is 84.1 Å². The summed E-state index contributed by atoms with van der Waals surface area (Å²) in [6.45, 7) is 7.51. The number of aryl methyl sites for hydroxylation is 1. The Bertz CT molecular complexity index is 436. The Morgan fingerprint density at radius 3 is 2.42 bits per heavy atom. The second kappa shape index (κ2) is 13.7. The number of rotatable bonds is 14. The summed E-state index contributed by atoms with van der Waals surface area (Å²) in [6, 6.07) is 6.57. The first-order chi connectivity index (χ1) is 11.7. The number of unbranched alkanes of at least 4 members (excludes halogenated alkanes) is 5. The number of hydrogen-bond acceptors (Lipinski definition) is 2. The third-order valence-electron chi connectivity index (χ3n) is 4.28. The highest BCUT2D eigenvalue weighted by Gasteiger charge is 2.11. The summed E-state index contributed by atoms with van der Waals surface area (Å²) in [7, 11) is 0. The van der Waals surface area contributed by atoms with Crippen LogP contribution in [0.2, 0.25) is 0 Å². The molecule has 0 aliphatic carbocycles. The smallest absolute Gasteiger partial charge is 0.127 e. The van der Waals surface area contributed by atoms with Gasteiger partial charge in [0.2, 0.25) is 0 Å². The van der Waals surface area contributed by atoms with Crippen LogP contribution in [0.5, 0.6) is 0 Å². The summed E-state index contributed by atoms with van der Waals surface area (Å²) < 4.78 is 7.22. The van der Waals surface area contributed by atoms with Crippen molar-refractivity contribution < 1.29 is 4.74 Å². The minimum Gasteiger partial charge on any atom is -0.360 e. The molecule has 1 aromatic rings. The lowest BCUT2D eigenvalue weighted by atomic mass is 10.0. The van der Waals surface area contributed by atoms with Crippen LogP contribution in [0.4, 0.5) is 5.69 Å². The summed E-state index contributed by atoms with van der Waals surface area (Å²) >= 11 is 3.61. The summed E-state index contributed by atoms with van der Waals surface area (Å²) in [5, 5.41) is 3.67. The predicted octanol–water partition coefficient (Wildman–Crippen LogP) is 7.32. The van der Waals surface area contributed by atoms with Gasteiger partial charge in [-0.2, -0.15) is 0 Å². The molecule has 0 aliphatic heterocycles. The van der Waals surface area contributed by atoms with E-state index in [0.717, 1.165) is 30.3 Å². The van der Waals surface area contributed by atoms with Crippen LogP contribution in [0.3, 0.4) is 0 Å². The molecule has 0 aliphatic rings. The number of halogens is 1. The molecule has 1 aromatic carbocycles. The molecule has 0 saturated carbocycles. The first-order valence-corrected chi connectivity index (χ1v) is 10.7. The predicted molar refractivity (Wildman–Crippen MR) is 110 cm³/mol. The Balaban J connectivity index is 2.67. The van der Waals surface area contributed by atoms with Gasteiger partial charge in [-0.25, -0.2) is 0 Å². The molecule has 1 unspecified atom stereocenters. The Morgan fingerprint density at radius 2 is 1.71 bits per heavy atom. The fourth-order valence-corrected chi connectivity index (χ4v) is 3.27. The number of ether oxygens (including phenoxy) is 1. The molecule has 0 radical (unpaired) electrons. The van der Waals surface area contributed by atoms with Crippen LogP contribution in [-0.2, 0) is 11.2 Å². The maximum absolute atomic E-state index is 6.06. The molecule has 24 heavy (non-hydrogen) atoms. The van der Waals surface area contributed by atoms with Gasteiger partial charge < -0.3 is 10.1 Å². The second-order valence-electron chi connectivity index (χ2n) is 6.61. The summed E-state index contributed by atoms with van der Waals surface area (Å²) in [5.74, 6) is 0. The van der Waals surface area contributed by atoms with Crippen molar-refractivity contribution in [3.05, 3.63) is 28.2 Å². The van der Waals surface area contributed by atoms with Crippen LogP contribution in [-0.4, -0.2) is 12.8 Å². The van der Waals surface area contributed by atoms with Crippen molar-refractivity contribution >= 4 is 21.6 Å². The Hall–Kier alpha value is -0.540. The maximum atomic E-state index is 6.06. The second-order valence-corrected chi connectivity index (χ2v) is 7.53. The quantitative estimate of drug-likeness (QED) is 0.262. The minimum atomic E-state index is 0.132. The average Bonchev–Trinajstić information content (AvgIpc) is 2.58. The van der Waals surface area contributed by atoms with Gasteiger partial charge in [0.25, 0.3) is 0 Å². The average molecular weight is 398 g/mol. The zero-order chi connectivity index (χ0) is 17.6. The van der Waals surface area contributed by atoms with Crippen molar-refractivity contribution in [1.82, 2.24) is 0 Å².